The van der Waals surface area contributed by atoms with Crippen LogP contribution in [-0.2, 0) is 6.54 Å². The summed E-state index contributed by atoms with van der Waals surface area (Å²) in [5.74, 6) is 2.19. The van der Waals surface area contributed by atoms with Gasteiger partial charge in [-0.3, -0.25) is 4.68 Å². The van der Waals surface area contributed by atoms with Crippen LogP contribution in [0.15, 0.2) is 12.3 Å². The minimum absolute atomic E-state index is 0.544. The number of hydrogen-bond donors (Lipinski definition) is 1. The molecule has 0 aliphatic carbocycles. The summed E-state index contributed by atoms with van der Waals surface area (Å²) in [6, 6.07) is 2.69. The van der Waals surface area contributed by atoms with E-state index < -0.39 is 0 Å². The molecule has 1 aromatic heterocycles. The van der Waals surface area contributed by atoms with Gasteiger partial charge in [-0.15, -0.1) is 0 Å². The Balaban J connectivity index is 2.46. The monoisotopic (exact) mass is 279 g/mol. The lowest BCUT2D eigenvalue weighted by Crippen LogP contribution is -2.29. The first-order valence-corrected chi connectivity index (χ1v) is 8.24. The van der Waals surface area contributed by atoms with E-state index in [-0.39, 0.29) is 0 Å². The smallest absolute Gasteiger partial charge is 0.0762 e. The molecule has 116 valence electrons. The maximum atomic E-state index is 4.69. The van der Waals surface area contributed by atoms with E-state index in [0.717, 1.165) is 49.4 Å². The molecule has 1 N–H and O–H groups in total. The van der Waals surface area contributed by atoms with Gasteiger partial charge in [-0.2, -0.15) is 5.10 Å². The summed E-state index contributed by atoms with van der Waals surface area (Å²) >= 11 is 0. The number of nitrogens with zero attached hydrogens (tertiary/aromatic N) is 2. The zero-order chi connectivity index (χ0) is 15.1. The van der Waals surface area contributed by atoms with E-state index in [1.165, 1.54) is 0 Å². The Hall–Kier alpha value is -0.830. The highest BCUT2D eigenvalue weighted by atomic mass is 15.3. The van der Waals surface area contributed by atoms with Crippen molar-refractivity contribution in [2.45, 2.75) is 67.0 Å². The van der Waals surface area contributed by atoms with Crippen molar-refractivity contribution < 1.29 is 0 Å². The highest BCUT2D eigenvalue weighted by Gasteiger charge is 2.17. The van der Waals surface area contributed by atoms with E-state index in [2.05, 4.69) is 63.8 Å². The number of nitrogens with one attached hydrogen (secondary N) is 1. The zero-order valence-electron chi connectivity index (χ0n) is 14.2. The topological polar surface area (TPSA) is 29.9 Å². The summed E-state index contributed by atoms with van der Waals surface area (Å²) < 4.78 is 2.12. The summed E-state index contributed by atoms with van der Waals surface area (Å²) in [4.78, 5) is 0. The molecule has 3 nitrogen and oxygen atoms in total. The van der Waals surface area contributed by atoms with Gasteiger partial charge in [0.05, 0.1) is 11.7 Å². The van der Waals surface area contributed by atoms with Crippen LogP contribution in [0.2, 0.25) is 0 Å². The van der Waals surface area contributed by atoms with Crippen LogP contribution in [0.1, 0.15) is 66.1 Å². The van der Waals surface area contributed by atoms with Gasteiger partial charge in [0.15, 0.2) is 0 Å². The third kappa shape index (κ3) is 4.93. The highest BCUT2D eigenvalue weighted by Crippen LogP contribution is 2.19. The van der Waals surface area contributed by atoms with Crippen LogP contribution in [0, 0.1) is 17.8 Å². The van der Waals surface area contributed by atoms with Crippen LogP contribution < -0.4 is 5.32 Å². The number of hydrogen-bond acceptors (Lipinski definition) is 2. The largest absolute Gasteiger partial charge is 0.311 e. The average Bonchev–Trinajstić information content (AvgIpc) is 2.84. The quantitative estimate of drug-likeness (QED) is 0.732. The van der Waals surface area contributed by atoms with Gasteiger partial charge in [0, 0.05) is 12.7 Å². The molecule has 0 fully saturated rings. The minimum atomic E-state index is 0.544. The number of rotatable bonds is 9. The number of aromatic nitrogens is 2. The molecule has 0 bridgehead atoms. The van der Waals surface area contributed by atoms with Crippen LogP contribution in [0.3, 0.4) is 0 Å². The van der Waals surface area contributed by atoms with Gasteiger partial charge in [-0.25, -0.2) is 0 Å². The van der Waals surface area contributed by atoms with E-state index >= 15 is 0 Å². The molecule has 0 unspecified atom stereocenters. The molecule has 1 rings (SSSR count). The molecule has 0 saturated heterocycles. The third-order valence-corrected chi connectivity index (χ3v) is 4.38. The Labute approximate surface area is 125 Å². The summed E-state index contributed by atoms with van der Waals surface area (Å²) in [6.45, 7) is 15.7. The fraction of sp³-hybridized carbons (Fsp3) is 0.824. The molecule has 0 amide bonds. The second-order valence-corrected chi connectivity index (χ2v) is 6.54. The van der Waals surface area contributed by atoms with E-state index in [1.807, 2.05) is 0 Å². The van der Waals surface area contributed by atoms with Gasteiger partial charge in [-0.05, 0) is 43.2 Å². The van der Waals surface area contributed by atoms with Gasteiger partial charge in [0.2, 0.25) is 0 Å². The SMILES string of the molecule is CCC(CC)n1ccc(CNCC(C(C)C)C(C)C)n1. The summed E-state index contributed by atoms with van der Waals surface area (Å²) in [5, 5.41) is 8.27. The Morgan fingerprint density at radius 2 is 1.70 bits per heavy atom. The lowest BCUT2D eigenvalue weighted by atomic mass is 9.85. The van der Waals surface area contributed by atoms with Crippen molar-refractivity contribution in [1.82, 2.24) is 15.1 Å². The lowest BCUT2D eigenvalue weighted by Gasteiger charge is -2.25. The van der Waals surface area contributed by atoms with E-state index in [0.29, 0.717) is 6.04 Å². The van der Waals surface area contributed by atoms with Gasteiger partial charge in [0.25, 0.3) is 0 Å². The van der Waals surface area contributed by atoms with Gasteiger partial charge in [0.1, 0.15) is 0 Å². The van der Waals surface area contributed by atoms with Crippen LogP contribution in [0.25, 0.3) is 0 Å². The van der Waals surface area contributed by atoms with Crippen molar-refractivity contribution in [2.75, 3.05) is 6.54 Å². The van der Waals surface area contributed by atoms with Crippen molar-refractivity contribution in [3.63, 3.8) is 0 Å². The first-order valence-electron chi connectivity index (χ1n) is 8.24. The van der Waals surface area contributed by atoms with Gasteiger partial charge < -0.3 is 5.32 Å². The van der Waals surface area contributed by atoms with Crippen molar-refractivity contribution in [2.24, 2.45) is 17.8 Å². The maximum Gasteiger partial charge on any atom is 0.0762 e. The second-order valence-electron chi connectivity index (χ2n) is 6.54. The summed E-state index contributed by atoms with van der Waals surface area (Å²) in [7, 11) is 0. The van der Waals surface area contributed by atoms with E-state index in [1.54, 1.807) is 0 Å². The molecule has 20 heavy (non-hydrogen) atoms. The van der Waals surface area contributed by atoms with E-state index in [9.17, 15) is 0 Å². The molecule has 0 aliphatic rings. The summed E-state index contributed by atoms with van der Waals surface area (Å²) in [5.41, 5.74) is 1.16. The lowest BCUT2D eigenvalue weighted by molar-refractivity contribution is 0.275. The van der Waals surface area contributed by atoms with Crippen molar-refractivity contribution in [3.05, 3.63) is 18.0 Å². The highest BCUT2D eigenvalue weighted by molar-refractivity contribution is 4.99. The minimum Gasteiger partial charge on any atom is -0.311 e. The third-order valence-electron chi connectivity index (χ3n) is 4.38. The predicted octanol–water partition coefficient (Wildman–Crippen LogP) is 4.26. The molecule has 0 saturated carbocycles. The van der Waals surface area contributed by atoms with Gasteiger partial charge >= 0.3 is 0 Å². The van der Waals surface area contributed by atoms with Crippen molar-refractivity contribution in [3.8, 4) is 0 Å². The first kappa shape index (κ1) is 17.2. The zero-order valence-corrected chi connectivity index (χ0v) is 14.2. The Morgan fingerprint density at radius 1 is 1.10 bits per heavy atom. The Kier molecular flexibility index (Phi) is 7.28. The predicted molar refractivity (Wildman–Crippen MR) is 86.7 cm³/mol. The Bertz CT molecular complexity index is 356. The standard InChI is InChI=1S/C17H33N3/c1-7-16(8-2)20-10-9-15(19-20)11-18-12-17(13(3)4)14(5)6/h9-10,13-14,16-18H,7-8,11-12H2,1-6H3. The Morgan fingerprint density at radius 3 is 2.20 bits per heavy atom. The molecule has 0 atom stereocenters. The van der Waals surface area contributed by atoms with Crippen LogP contribution >= 0.6 is 0 Å². The fourth-order valence-corrected chi connectivity index (χ4v) is 2.95. The average molecular weight is 279 g/mol. The van der Waals surface area contributed by atoms with Crippen molar-refractivity contribution in [1.29, 1.82) is 0 Å². The molecule has 1 heterocycles. The summed E-state index contributed by atoms with van der Waals surface area (Å²) in [6.07, 6.45) is 4.42. The fourth-order valence-electron chi connectivity index (χ4n) is 2.95. The maximum absolute atomic E-state index is 4.69. The van der Waals surface area contributed by atoms with Crippen LogP contribution in [-0.4, -0.2) is 16.3 Å². The van der Waals surface area contributed by atoms with Crippen LogP contribution in [0.5, 0.6) is 0 Å². The normalized spacial score (nSPS) is 12.3. The molecular formula is C17H33N3. The molecule has 0 aromatic carbocycles. The van der Waals surface area contributed by atoms with E-state index in [4.69, 9.17) is 5.10 Å². The van der Waals surface area contributed by atoms with Gasteiger partial charge in [-0.1, -0.05) is 41.5 Å². The molecule has 1 aromatic rings. The molecule has 0 aliphatic heterocycles. The first-order chi connectivity index (χ1) is 9.49. The molecule has 0 radical (unpaired) electrons. The van der Waals surface area contributed by atoms with Crippen LogP contribution in [0.4, 0.5) is 0 Å². The molecule has 0 spiro atoms. The second kappa shape index (κ2) is 8.46. The molecular weight excluding hydrogens is 246 g/mol. The molecule has 3 heteroatoms. The van der Waals surface area contributed by atoms with Crippen molar-refractivity contribution >= 4 is 0 Å².